The number of hydrogen-bond donors (Lipinski definition) is 1. The molecule has 2 heterocycles. The van der Waals surface area contributed by atoms with Crippen molar-refractivity contribution in [1.82, 2.24) is 14.7 Å². The van der Waals surface area contributed by atoms with Gasteiger partial charge in [0.25, 0.3) is 11.5 Å². The molecule has 6 nitrogen and oxygen atoms in total. The summed E-state index contributed by atoms with van der Waals surface area (Å²) in [4.78, 5) is 30.3. The molecule has 0 aliphatic rings. The standard InChI is InChI=1S/C23H30IN3O3Si/c1-23(2,3)31(4,5)30-14-7-6-12-25-21(28)17-9-8-13-27-20(17)26-19-11-10-16(24)15-18(19)22(27)29/h8-11,13,15H,6-7,12,14H2,1-5H3,(H,25,28). The van der Waals surface area contributed by atoms with E-state index in [2.05, 4.69) is 66.8 Å². The van der Waals surface area contributed by atoms with E-state index < -0.39 is 8.32 Å². The van der Waals surface area contributed by atoms with Crippen molar-refractivity contribution in [1.29, 1.82) is 0 Å². The molecule has 0 aliphatic carbocycles. The highest BCUT2D eigenvalue weighted by atomic mass is 127. The van der Waals surface area contributed by atoms with Crippen molar-refractivity contribution < 1.29 is 9.22 Å². The second-order valence-corrected chi connectivity index (χ2v) is 15.3. The third-order valence-electron chi connectivity index (χ3n) is 5.97. The van der Waals surface area contributed by atoms with Crippen molar-refractivity contribution in [3.8, 4) is 0 Å². The van der Waals surface area contributed by atoms with Gasteiger partial charge in [0, 0.05) is 22.9 Å². The second-order valence-electron chi connectivity index (χ2n) is 9.27. The molecule has 1 aromatic carbocycles. The fourth-order valence-electron chi connectivity index (χ4n) is 3.04. The summed E-state index contributed by atoms with van der Waals surface area (Å²) in [5.74, 6) is -0.222. The fraction of sp³-hybridized carbons (Fsp3) is 0.435. The molecule has 0 fully saturated rings. The molecule has 8 heteroatoms. The average molecular weight is 552 g/mol. The summed E-state index contributed by atoms with van der Waals surface area (Å²) in [6, 6.07) is 8.94. The van der Waals surface area contributed by atoms with Crippen LogP contribution in [0.2, 0.25) is 18.1 Å². The average Bonchev–Trinajstić information content (AvgIpc) is 2.70. The number of amides is 1. The first-order valence-electron chi connectivity index (χ1n) is 10.5. The molecule has 31 heavy (non-hydrogen) atoms. The molecular formula is C23H30IN3O3Si. The Hall–Kier alpha value is -1.78. The van der Waals surface area contributed by atoms with E-state index in [-0.39, 0.29) is 16.5 Å². The number of carbonyl (C=O) groups excluding carboxylic acids is 1. The van der Waals surface area contributed by atoms with Crippen molar-refractivity contribution in [3.63, 3.8) is 0 Å². The van der Waals surface area contributed by atoms with Gasteiger partial charge in [-0.1, -0.05) is 20.8 Å². The molecule has 0 atom stereocenters. The lowest BCUT2D eigenvalue weighted by Crippen LogP contribution is -2.41. The van der Waals surface area contributed by atoms with Crippen LogP contribution < -0.4 is 10.9 Å². The van der Waals surface area contributed by atoms with E-state index in [1.165, 1.54) is 4.40 Å². The molecule has 0 saturated carbocycles. The summed E-state index contributed by atoms with van der Waals surface area (Å²) in [5, 5.41) is 3.70. The van der Waals surface area contributed by atoms with Gasteiger partial charge in [0.05, 0.1) is 16.5 Å². The van der Waals surface area contributed by atoms with Crippen molar-refractivity contribution in [2.75, 3.05) is 13.2 Å². The van der Waals surface area contributed by atoms with Gasteiger partial charge in [-0.15, -0.1) is 0 Å². The summed E-state index contributed by atoms with van der Waals surface area (Å²) in [5.41, 5.74) is 1.20. The van der Waals surface area contributed by atoms with Gasteiger partial charge in [0.15, 0.2) is 14.0 Å². The van der Waals surface area contributed by atoms with Gasteiger partial charge in [0.1, 0.15) is 0 Å². The van der Waals surface area contributed by atoms with E-state index in [1.807, 2.05) is 18.2 Å². The van der Waals surface area contributed by atoms with Gasteiger partial charge in [-0.05, 0) is 83.9 Å². The van der Waals surface area contributed by atoms with Crippen LogP contribution in [0.5, 0.6) is 0 Å². The number of unbranched alkanes of at least 4 members (excludes halogenated alkanes) is 1. The molecule has 0 bridgehead atoms. The number of nitrogens with one attached hydrogen (secondary N) is 1. The predicted octanol–water partition coefficient (Wildman–Crippen LogP) is 4.98. The van der Waals surface area contributed by atoms with E-state index in [0.29, 0.717) is 35.3 Å². The lowest BCUT2D eigenvalue weighted by Gasteiger charge is -2.36. The van der Waals surface area contributed by atoms with Crippen LogP contribution in [-0.2, 0) is 4.43 Å². The molecule has 1 N–H and O–H groups in total. The quantitative estimate of drug-likeness (QED) is 0.195. The Morgan fingerprint density at radius 1 is 1.23 bits per heavy atom. The molecule has 0 saturated heterocycles. The Morgan fingerprint density at radius 2 is 1.97 bits per heavy atom. The number of benzene rings is 1. The van der Waals surface area contributed by atoms with Crippen molar-refractivity contribution in [2.24, 2.45) is 0 Å². The van der Waals surface area contributed by atoms with Crippen LogP contribution in [0.15, 0.2) is 41.3 Å². The molecule has 0 unspecified atom stereocenters. The number of hydrogen-bond acceptors (Lipinski definition) is 4. The number of rotatable bonds is 7. The lowest BCUT2D eigenvalue weighted by molar-refractivity contribution is 0.0953. The van der Waals surface area contributed by atoms with Gasteiger partial charge >= 0.3 is 0 Å². The molecule has 1 amide bonds. The van der Waals surface area contributed by atoms with E-state index in [0.717, 1.165) is 16.4 Å². The van der Waals surface area contributed by atoms with E-state index in [9.17, 15) is 9.59 Å². The first-order valence-corrected chi connectivity index (χ1v) is 14.5. The van der Waals surface area contributed by atoms with Gasteiger partial charge in [-0.25, -0.2) is 4.98 Å². The number of nitrogens with zero attached hydrogens (tertiary/aromatic N) is 2. The molecule has 2 aromatic heterocycles. The first kappa shape index (κ1) is 23.9. The highest BCUT2D eigenvalue weighted by Gasteiger charge is 2.36. The predicted molar refractivity (Wildman–Crippen MR) is 136 cm³/mol. The number of fused-ring (bicyclic) bond motifs is 2. The summed E-state index contributed by atoms with van der Waals surface area (Å²) < 4.78 is 8.60. The van der Waals surface area contributed by atoms with Crippen LogP contribution in [0.4, 0.5) is 0 Å². The Balaban J connectivity index is 1.66. The maximum atomic E-state index is 12.9. The van der Waals surface area contributed by atoms with E-state index >= 15 is 0 Å². The SMILES string of the molecule is CC(C)(C)[Si](C)(C)OCCCCNC(=O)c1cccn2c(=O)c3cc(I)ccc3nc12. The molecule has 0 radical (unpaired) electrons. The minimum Gasteiger partial charge on any atom is -0.417 e. The van der Waals surface area contributed by atoms with Crippen LogP contribution >= 0.6 is 22.6 Å². The van der Waals surface area contributed by atoms with Crippen LogP contribution in [0.25, 0.3) is 16.6 Å². The molecule has 0 spiro atoms. The number of halogens is 1. The zero-order chi connectivity index (χ0) is 22.8. The Bertz CT molecular complexity index is 1170. The Morgan fingerprint density at radius 3 is 2.68 bits per heavy atom. The van der Waals surface area contributed by atoms with E-state index in [4.69, 9.17) is 4.43 Å². The van der Waals surface area contributed by atoms with Crippen molar-refractivity contribution >= 4 is 53.4 Å². The first-order chi connectivity index (χ1) is 14.5. The number of pyridine rings is 1. The normalized spacial score (nSPS) is 12.5. The summed E-state index contributed by atoms with van der Waals surface area (Å²) >= 11 is 2.17. The third kappa shape index (κ3) is 5.35. The third-order valence-corrected chi connectivity index (χ3v) is 11.2. The zero-order valence-electron chi connectivity index (χ0n) is 18.8. The molecule has 0 aliphatic heterocycles. The van der Waals surface area contributed by atoms with Gasteiger partial charge < -0.3 is 9.74 Å². The monoisotopic (exact) mass is 551 g/mol. The summed E-state index contributed by atoms with van der Waals surface area (Å²) in [6.07, 6.45) is 3.38. The van der Waals surface area contributed by atoms with Crippen LogP contribution in [-0.4, -0.2) is 36.8 Å². The van der Waals surface area contributed by atoms with Gasteiger partial charge in [0.2, 0.25) is 0 Å². The summed E-state index contributed by atoms with van der Waals surface area (Å²) in [6.45, 7) is 12.4. The highest BCUT2D eigenvalue weighted by molar-refractivity contribution is 14.1. The highest BCUT2D eigenvalue weighted by Crippen LogP contribution is 2.36. The van der Waals surface area contributed by atoms with Crippen LogP contribution in [0, 0.1) is 3.57 Å². The lowest BCUT2D eigenvalue weighted by atomic mass is 10.2. The van der Waals surface area contributed by atoms with Gasteiger partial charge in [-0.3, -0.25) is 14.0 Å². The van der Waals surface area contributed by atoms with Crippen molar-refractivity contribution in [2.45, 2.75) is 51.7 Å². The topological polar surface area (TPSA) is 72.7 Å². The number of aromatic nitrogens is 2. The minimum atomic E-state index is -1.73. The fourth-order valence-corrected chi connectivity index (χ4v) is 4.62. The maximum Gasteiger partial charge on any atom is 0.265 e. The molecule has 3 rings (SSSR count). The minimum absolute atomic E-state index is 0.170. The molecule has 3 aromatic rings. The zero-order valence-corrected chi connectivity index (χ0v) is 21.9. The van der Waals surface area contributed by atoms with Crippen LogP contribution in [0.1, 0.15) is 44.0 Å². The molecular weight excluding hydrogens is 521 g/mol. The maximum absolute atomic E-state index is 12.9. The van der Waals surface area contributed by atoms with Crippen LogP contribution in [0.3, 0.4) is 0 Å². The Kier molecular flexibility index (Phi) is 7.22. The second kappa shape index (κ2) is 9.38. The van der Waals surface area contributed by atoms with Gasteiger partial charge in [-0.2, -0.15) is 0 Å². The Labute approximate surface area is 197 Å². The smallest absolute Gasteiger partial charge is 0.265 e. The molecule has 166 valence electrons. The largest absolute Gasteiger partial charge is 0.417 e. The van der Waals surface area contributed by atoms with Crippen molar-refractivity contribution in [3.05, 3.63) is 56.0 Å². The summed E-state index contributed by atoms with van der Waals surface area (Å²) in [7, 11) is -1.73. The van der Waals surface area contributed by atoms with E-state index in [1.54, 1.807) is 18.3 Å². The number of carbonyl (C=O) groups is 1.